The number of nitrogens with one attached hydrogen (secondary N) is 2. The predicted molar refractivity (Wildman–Crippen MR) is 78.0 cm³/mol. The zero-order chi connectivity index (χ0) is 14.1. The van der Waals surface area contributed by atoms with Crippen LogP contribution in [0.25, 0.3) is 0 Å². The summed E-state index contributed by atoms with van der Waals surface area (Å²) >= 11 is 1.46. The molecule has 0 unspecified atom stereocenters. The van der Waals surface area contributed by atoms with Gasteiger partial charge in [-0.3, -0.25) is 0 Å². The summed E-state index contributed by atoms with van der Waals surface area (Å²) in [5, 5.41) is 4.85. The van der Waals surface area contributed by atoms with Gasteiger partial charge in [0.2, 0.25) is 10.0 Å². The molecule has 110 valence electrons. The third kappa shape index (κ3) is 6.01. The van der Waals surface area contributed by atoms with E-state index in [-0.39, 0.29) is 0 Å². The van der Waals surface area contributed by atoms with Crippen molar-refractivity contribution in [2.24, 2.45) is 0 Å². The molecule has 0 aliphatic carbocycles. The first-order valence-electron chi connectivity index (χ1n) is 6.45. The molecule has 0 bridgehead atoms. The molecule has 19 heavy (non-hydrogen) atoms. The van der Waals surface area contributed by atoms with E-state index in [1.807, 2.05) is 13.8 Å². The molecule has 7 heteroatoms. The number of sulfonamides is 1. The van der Waals surface area contributed by atoms with Crippen LogP contribution in [0.4, 0.5) is 0 Å². The van der Waals surface area contributed by atoms with Crippen LogP contribution < -0.4 is 10.0 Å². The van der Waals surface area contributed by atoms with Gasteiger partial charge in [-0.15, -0.1) is 11.3 Å². The van der Waals surface area contributed by atoms with Crippen molar-refractivity contribution in [2.45, 2.75) is 31.7 Å². The van der Waals surface area contributed by atoms with Crippen molar-refractivity contribution in [3.8, 4) is 0 Å². The van der Waals surface area contributed by atoms with Crippen molar-refractivity contribution in [3.05, 3.63) is 16.3 Å². The second kappa shape index (κ2) is 8.65. The molecule has 5 nitrogen and oxygen atoms in total. The van der Waals surface area contributed by atoms with E-state index >= 15 is 0 Å². The van der Waals surface area contributed by atoms with E-state index < -0.39 is 10.0 Å². The van der Waals surface area contributed by atoms with Gasteiger partial charge in [0.1, 0.15) is 0 Å². The van der Waals surface area contributed by atoms with Gasteiger partial charge in [0.15, 0.2) is 0 Å². The molecule has 2 N–H and O–H groups in total. The molecular weight excluding hydrogens is 284 g/mol. The third-order valence-electron chi connectivity index (χ3n) is 2.45. The highest BCUT2D eigenvalue weighted by Gasteiger charge is 2.15. The fourth-order valence-corrected chi connectivity index (χ4v) is 3.77. The molecule has 1 aromatic rings. The van der Waals surface area contributed by atoms with Crippen LogP contribution in [0.5, 0.6) is 0 Å². The average Bonchev–Trinajstić information content (AvgIpc) is 2.85. The number of hydrogen-bond acceptors (Lipinski definition) is 5. The van der Waals surface area contributed by atoms with Crippen molar-refractivity contribution in [1.29, 1.82) is 0 Å². The van der Waals surface area contributed by atoms with E-state index in [0.29, 0.717) is 37.6 Å². The molecule has 0 amide bonds. The maximum absolute atomic E-state index is 12.0. The van der Waals surface area contributed by atoms with Crippen LogP contribution >= 0.6 is 11.3 Å². The summed E-state index contributed by atoms with van der Waals surface area (Å²) in [4.78, 5) is 1.37. The summed E-state index contributed by atoms with van der Waals surface area (Å²) < 4.78 is 31.7. The summed E-state index contributed by atoms with van der Waals surface area (Å²) in [6, 6.07) is 1.72. The van der Waals surface area contributed by atoms with Crippen molar-refractivity contribution in [2.75, 3.05) is 26.3 Å². The van der Waals surface area contributed by atoms with Crippen molar-refractivity contribution in [3.63, 3.8) is 0 Å². The van der Waals surface area contributed by atoms with Gasteiger partial charge in [0, 0.05) is 36.6 Å². The van der Waals surface area contributed by atoms with Gasteiger partial charge in [0.25, 0.3) is 0 Å². The van der Waals surface area contributed by atoms with Crippen LogP contribution in [0.15, 0.2) is 16.3 Å². The molecule has 1 aromatic heterocycles. The van der Waals surface area contributed by atoms with Crippen molar-refractivity contribution < 1.29 is 13.2 Å². The first-order chi connectivity index (χ1) is 9.10. The quantitative estimate of drug-likeness (QED) is 0.644. The topological polar surface area (TPSA) is 67.4 Å². The zero-order valence-electron chi connectivity index (χ0n) is 11.4. The van der Waals surface area contributed by atoms with E-state index in [4.69, 9.17) is 4.74 Å². The van der Waals surface area contributed by atoms with Crippen LogP contribution in [0, 0.1) is 0 Å². The second-order valence-electron chi connectivity index (χ2n) is 3.98. The Labute approximate surface area is 119 Å². The number of ether oxygens (including phenoxy) is 1. The van der Waals surface area contributed by atoms with Gasteiger partial charge in [0.05, 0.1) is 4.90 Å². The maximum Gasteiger partial charge on any atom is 0.241 e. The molecule has 0 fully saturated rings. The highest BCUT2D eigenvalue weighted by atomic mass is 32.2. The lowest BCUT2D eigenvalue weighted by atomic mass is 10.4. The Morgan fingerprint density at radius 3 is 2.84 bits per heavy atom. The molecule has 0 aliphatic rings. The lowest BCUT2D eigenvalue weighted by Gasteiger charge is -2.05. The Hall–Kier alpha value is -0.470. The highest BCUT2D eigenvalue weighted by molar-refractivity contribution is 7.89. The van der Waals surface area contributed by atoms with Gasteiger partial charge in [-0.1, -0.05) is 6.92 Å². The summed E-state index contributed by atoms with van der Waals surface area (Å²) in [5.41, 5.74) is 0. The monoisotopic (exact) mass is 306 g/mol. The number of thiophene rings is 1. The Bertz CT molecular complexity index is 457. The van der Waals surface area contributed by atoms with E-state index in [9.17, 15) is 8.42 Å². The fourth-order valence-electron chi connectivity index (χ4n) is 1.45. The first kappa shape index (κ1) is 16.6. The van der Waals surface area contributed by atoms with E-state index in [1.165, 1.54) is 11.3 Å². The first-order valence-corrected chi connectivity index (χ1v) is 8.82. The van der Waals surface area contributed by atoms with E-state index in [0.717, 1.165) is 11.4 Å². The van der Waals surface area contributed by atoms with Crippen LogP contribution in [0.3, 0.4) is 0 Å². The Kier molecular flexibility index (Phi) is 7.55. The van der Waals surface area contributed by atoms with Gasteiger partial charge in [-0.25, -0.2) is 13.1 Å². The van der Waals surface area contributed by atoms with E-state index in [1.54, 1.807) is 11.4 Å². The maximum atomic E-state index is 12.0. The molecule has 0 aliphatic heterocycles. The number of rotatable bonds is 10. The molecule has 1 rings (SSSR count). The molecule has 0 radical (unpaired) electrons. The summed E-state index contributed by atoms with van der Waals surface area (Å²) in [6.07, 6.45) is 0.682. The smallest absolute Gasteiger partial charge is 0.241 e. The van der Waals surface area contributed by atoms with Crippen molar-refractivity contribution in [1.82, 2.24) is 10.0 Å². The summed E-state index contributed by atoms with van der Waals surface area (Å²) in [7, 11) is -3.37. The normalized spacial score (nSPS) is 11.9. The molecule has 0 aromatic carbocycles. The lowest BCUT2D eigenvalue weighted by Crippen LogP contribution is -2.25. The zero-order valence-corrected chi connectivity index (χ0v) is 13.1. The molecule has 1 heterocycles. The van der Waals surface area contributed by atoms with Crippen LogP contribution in [-0.2, 0) is 21.3 Å². The Morgan fingerprint density at radius 2 is 2.16 bits per heavy atom. The largest absolute Gasteiger partial charge is 0.382 e. The second-order valence-corrected chi connectivity index (χ2v) is 6.74. The molecular formula is C12H22N2O3S2. The third-order valence-corrected chi connectivity index (χ3v) is 4.98. The van der Waals surface area contributed by atoms with Crippen LogP contribution in [0.1, 0.15) is 25.1 Å². The van der Waals surface area contributed by atoms with Gasteiger partial charge >= 0.3 is 0 Å². The van der Waals surface area contributed by atoms with Crippen molar-refractivity contribution >= 4 is 21.4 Å². The van der Waals surface area contributed by atoms with Gasteiger partial charge in [-0.2, -0.15) is 0 Å². The SMILES string of the molecule is CCNCc1cc(S(=O)(=O)NCCCOCC)cs1. The van der Waals surface area contributed by atoms with Crippen LogP contribution in [-0.4, -0.2) is 34.7 Å². The van der Waals surface area contributed by atoms with Gasteiger partial charge in [-0.05, 0) is 26.0 Å². The highest BCUT2D eigenvalue weighted by Crippen LogP contribution is 2.18. The van der Waals surface area contributed by atoms with Crippen LogP contribution in [0.2, 0.25) is 0 Å². The van der Waals surface area contributed by atoms with E-state index in [2.05, 4.69) is 10.0 Å². The minimum absolute atomic E-state index is 0.349. The minimum Gasteiger partial charge on any atom is -0.382 e. The summed E-state index contributed by atoms with van der Waals surface area (Å²) in [6.45, 7) is 7.16. The summed E-state index contributed by atoms with van der Waals surface area (Å²) in [5.74, 6) is 0. The standard InChI is InChI=1S/C12H22N2O3S2/c1-3-13-9-11-8-12(10-18-11)19(15,16)14-6-5-7-17-4-2/h8,10,13-14H,3-7,9H2,1-2H3. The predicted octanol–water partition coefficient (Wildman–Crippen LogP) is 1.56. The van der Waals surface area contributed by atoms with Gasteiger partial charge < -0.3 is 10.1 Å². The lowest BCUT2D eigenvalue weighted by molar-refractivity contribution is 0.146. The Morgan fingerprint density at radius 1 is 1.37 bits per heavy atom. The molecule has 0 atom stereocenters. The Balaban J connectivity index is 2.45. The molecule has 0 saturated carbocycles. The minimum atomic E-state index is -3.37. The number of hydrogen-bond donors (Lipinski definition) is 2. The average molecular weight is 306 g/mol. The molecule has 0 spiro atoms. The molecule has 0 saturated heterocycles. The fraction of sp³-hybridized carbons (Fsp3) is 0.667.